The highest BCUT2D eigenvalue weighted by molar-refractivity contribution is 7.81. The number of nitrogens with zero attached hydrogens (tertiary/aromatic N) is 2. The van der Waals surface area contributed by atoms with Gasteiger partial charge in [0.2, 0.25) is 11.9 Å². The Morgan fingerprint density at radius 2 is 1.80 bits per heavy atom. The summed E-state index contributed by atoms with van der Waals surface area (Å²) < 4.78 is 0. The van der Waals surface area contributed by atoms with E-state index >= 15 is 0 Å². The highest BCUT2D eigenvalue weighted by Crippen LogP contribution is 2.22. The number of hydrogen-bond acceptors (Lipinski definition) is 5. The third kappa shape index (κ3) is 3.48. The molecule has 104 valence electrons. The van der Waals surface area contributed by atoms with Crippen molar-refractivity contribution < 1.29 is 4.79 Å². The van der Waals surface area contributed by atoms with E-state index in [2.05, 4.69) is 33.2 Å². The smallest absolute Gasteiger partial charge is 0.234 e. The van der Waals surface area contributed by atoms with Gasteiger partial charge < -0.3 is 10.6 Å². The number of nitrogens with one attached hydrogen (secondary N) is 2. The van der Waals surface area contributed by atoms with Gasteiger partial charge in [-0.2, -0.15) is 12.6 Å². The molecule has 0 saturated carbocycles. The summed E-state index contributed by atoms with van der Waals surface area (Å²) >= 11 is 3.89. The van der Waals surface area contributed by atoms with Crippen molar-refractivity contribution in [1.29, 1.82) is 0 Å². The molecule has 6 heteroatoms. The van der Waals surface area contributed by atoms with Gasteiger partial charge in [-0.25, -0.2) is 9.97 Å². The average molecular weight is 288 g/mol. The molecule has 0 aliphatic rings. The van der Waals surface area contributed by atoms with E-state index in [1.807, 2.05) is 32.0 Å². The maximum Gasteiger partial charge on any atom is 0.234 e. The van der Waals surface area contributed by atoms with E-state index in [1.165, 1.54) is 0 Å². The van der Waals surface area contributed by atoms with Crippen LogP contribution in [0.4, 0.5) is 17.3 Å². The summed E-state index contributed by atoms with van der Waals surface area (Å²) in [6.45, 7) is 4.05. The number of carbonyl (C=O) groups is 1. The van der Waals surface area contributed by atoms with Crippen LogP contribution in [0.2, 0.25) is 0 Å². The Morgan fingerprint density at radius 3 is 2.35 bits per heavy atom. The highest BCUT2D eigenvalue weighted by Gasteiger charge is 2.05. The van der Waals surface area contributed by atoms with Crippen molar-refractivity contribution in [2.45, 2.75) is 13.8 Å². The molecule has 2 rings (SSSR count). The largest absolute Gasteiger partial charge is 0.324 e. The van der Waals surface area contributed by atoms with Gasteiger partial charge in [0.15, 0.2) is 0 Å². The van der Waals surface area contributed by atoms with Gasteiger partial charge in [0.25, 0.3) is 0 Å². The predicted octanol–water partition coefficient (Wildman–Crippen LogP) is 2.71. The number of benzene rings is 1. The number of para-hydroxylation sites is 1. The molecule has 0 spiro atoms. The van der Waals surface area contributed by atoms with Crippen molar-refractivity contribution in [1.82, 2.24) is 9.97 Å². The molecule has 0 aliphatic heterocycles. The molecule has 5 nitrogen and oxygen atoms in total. The minimum absolute atomic E-state index is 0.127. The third-order valence-electron chi connectivity index (χ3n) is 2.80. The number of hydrogen-bond donors (Lipinski definition) is 3. The highest BCUT2D eigenvalue weighted by atomic mass is 32.1. The predicted molar refractivity (Wildman–Crippen MR) is 83.7 cm³/mol. The first-order valence-electron chi connectivity index (χ1n) is 6.16. The zero-order chi connectivity index (χ0) is 14.5. The molecule has 0 atom stereocenters. The first kappa shape index (κ1) is 14.3. The lowest BCUT2D eigenvalue weighted by atomic mass is 10.1. The number of aromatic nitrogens is 2. The van der Waals surface area contributed by atoms with Crippen molar-refractivity contribution in [3.63, 3.8) is 0 Å². The van der Waals surface area contributed by atoms with Gasteiger partial charge in [-0.05, 0) is 25.0 Å². The molecule has 0 aliphatic carbocycles. The molecule has 0 fully saturated rings. The molecule has 1 heterocycles. The summed E-state index contributed by atoms with van der Waals surface area (Å²) in [7, 11) is 0. The van der Waals surface area contributed by atoms with E-state index < -0.39 is 0 Å². The Kier molecular flexibility index (Phi) is 4.57. The zero-order valence-electron chi connectivity index (χ0n) is 11.3. The van der Waals surface area contributed by atoms with E-state index in [0.29, 0.717) is 11.6 Å². The molecule has 2 aromatic rings. The Labute approximate surface area is 123 Å². The maximum absolute atomic E-state index is 11.2. The fraction of sp³-hybridized carbons (Fsp3) is 0.214. The van der Waals surface area contributed by atoms with Crippen molar-refractivity contribution in [2.75, 3.05) is 16.4 Å². The second-order valence-corrected chi connectivity index (χ2v) is 4.71. The SMILES string of the molecule is Cc1cccc(C)c1Nc1ncc(NC(=O)CS)cn1. The number of carbonyl (C=O) groups excluding carboxylic acids is 1. The van der Waals surface area contributed by atoms with E-state index in [4.69, 9.17) is 0 Å². The van der Waals surface area contributed by atoms with Crippen LogP contribution in [-0.4, -0.2) is 21.6 Å². The van der Waals surface area contributed by atoms with Crippen LogP contribution in [-0.2, 0) is 4.79 Å². The molecular formula is C14H16N4OS. The fourth-order valence-corrected chi connectivity index (χ4v) is 1.86. The first-order chi connectivity index (χ1) is 9.60. The summed E-state index contributed by atoms with van der Waals surface area (Å²) in [5.41, 5.74) is 3.80. The maximum atomic E-state index is 11.2. The molecule has 1 amide bonds. The summed E-state index contributed by atoms with van der Waals surface area (Å²) in [6.07, 6.45) is 3.12. The molecule has 0 bridgehead atoms. The van der Waals surface area contributed by atoms with E-state index in [1.54, 1.807) is 12.4 Å². The van der Waals surface area contributed by atoms with Crippen LogP contribution < -0.4 is 10.6 Å². The normalized spacial score (nSPS) is 10.2. The summed E-state index contributed by atoms with van der Waals surface area (Å²) in [5.74, 6) is 0.432. The lowest BCUT2D eigenvalue weighted by molar-refractivity contribution is -0.113. The van der Waals surface area contributed by atoms with Crippen molar-refractivity contribution in [2.24, 2.45) is 0 Å². The quantitative estimate of drug-likeness (QED) is 0.757. The number of thiol groups is 1. The van der Waals surface area contributed by atoms with Crippen LogP contribution in [0.15, 0.2) is 30.6 Å². The van der Waals surface area contributed by atoms with Gasteiger partial charge in [-0.3, -0.25) is 4.79 Å². The van der Waals surface area contributed by atoms with Crippen molar-refractivity contribution in [3.8, 4) is 0 Å². The van der Waals surface area contributed by atoms with Crippen LogP contribution >= 0.6 is 12.6 Å². The molecule has 2 N–H and O–H groups in total. The van der Waals surface area contributed by atoms with E-state index in [9.17, 15) is 4.79 Å². The lowest BCUT2D eigenvalue weighted by Crippen LogP contribution is -2.13. The second-order valence-electron chi connectivity index (χ2n) is 4.39. The van der Waals surface area contributed by atoms with Gasteiger partial charge in [-0.1, -0.05) is 18.2 Å². The Balaban J connectivity index is 2.13. The first-order valence-corrected chi connectivity index (χ1v) is 6.79. The van der Waals surface area contributed by atoms with Gasteiger partial charge in [0, 0.05) is 5.69 Å². The van der Waals surface area contributed by atoms with Crippen molar-refractivity contribution in [3.05, 3.63) is 41.7 Å². The van der Waals surface area contributed by atoms with E-state index in [-0.39, 0.29) is 11.7 Å². The lowest BCUT2D eigenvalue weighted by Gasteiger charge is -2.11. The summed E-state index contributed by atoms with van der Waals surface area (Å²) in [6, 6.07) is 6.06. The van der Waals surface area contributed by atoms with Crippen molar-refractivity contribution >= 4 is 35.9 Å². The standard InChI is InChI=1S/C14H16N4OS/c1-9-4-3-5-10(2)13(9)18-14-15-6-11(7-16-14)17-12(19)8-20/h3-7,20H,8H2,1-2H3,(H,17,19)(H,15,16,18). The minimum Gasteiger partial charge on any atom is -0.324 e. The number of rotatable bonds is 4. The molecule has 20 heavy (non-hydrogen) atoms. The van der Waals surface area contributed by atoms with Crippen LogP contribution in [0.5, 0.6) is 0 Å². The van der Waals surface area contributed by atoms with Crippen LogP contribution in [0, 0.1) is 13.8 Å². The van der Waals surface area contributed by atoms with Crippen LogP contribution in [0.1, 0.15) is 11.1 Å². The van der Waals surface area contributed by atoms with E-state index in [0.717, 1.165) is 16.8 Å². The Bertz CT molecular complexity index is 593. The molecule has 0 saturated heterocycles. The number of anilines is 3. The monoisotopic (exact) mass is 288 g/mol. The van der Waals surface area contributed by atoms with Crippen LogP contribution in [0.3, 0.4) is 0 Å². The number of amides is 1. The molecular weight excluding hydrogens is 272 g/mol. The molecule has 1 aromatic heterocycles. The molecule has 0 unspecified atom stereocenters. The van der Waals surface area contributed by atoms with Gasteiger partial charge in [0.05, 0.1) is 23.8 Å². The average Bonchev–Trinajstić information content (AvgIpc) is 2.44. The molecule has 0 radical (unpaired) electrons. The summed E-state index contributed by atoms with van der Waals surface area (Å²) in [5, 5.41) is 5.82. The molecule has 1 aromatic carbocycles. The van der Waals surface area contributed by atoms with Gasteiger partial charge in [0.1, 0.15) is 0 Å². The Hall–Kier alpha value is -2.08. The summed E-state index contributed by atoms with van der Waals surface area (Å²) in [4.78, 5) is 19.6. The van der Waals surface area contributed by atoms with Gasteiger partial charge >= 0.3 is 0 Å². The van der Waals surface area contributed by atoms with Gasteiger partial charge in [-0.15, -0.1) is 0 Å². The topological polar surface area (TPSA) is 66.9 Å². The third-order valence-corrected chi connectivity index (χ3v) is 3.08. The Morgan fingerprint density at radius 1 is 1.20 bits per heavy atom. The minimum atomic E-state index is -0.188. The number of aryl methyl sites for hydroxylation is 2. The fourth-order valence-electron chi connectivity index (χ4n) is 1.78. The second kappa shape index (κ2) is 6.38. The zero-order valence-corrected chi connectivity index (χ0v) is 12.2. The van der Waals surface area contributed by atoms with Crippen LogP contribution in [0.25, 0.3) is 0 Å².